The molecule has 0 N–H and O–H groups in total. The molecular weight excluding hydrogens is 1080 g/mol. The lowest BCUT2D eigenvalue weighted by Crippen LogP contribution is -2.15. The normalized spacial score (nSPS) is 12.5. The van der Waals surface area contributed by atoms with Crippen LogP contribution in [-0.2, 0) is 5.41 Å². The lowest BCUT2D eigenvalue weighted by Gasteiger charge is -2.26. The summed E-state index contributed by atoms with van der Waals surface area (Å²) in [7, 11) is 0. The summed E-state index contributed by atoms with van der Waals surface area (Å²) >= 11 is 0. The van der Waals surface area contributed by atoms with Gasteiger partial charge in [0.05, 0.1) is 11.0 Å². The second-order valence-electron chi connectivity index (χ2n) is 23.9. The third-order valence-electron chi connectivity index (χ3n) is 18.4. The van der Waals surface area contributed by atoms with Gasteiger partial charge in [-0.1, -0.05) is 238 Å². The Morgan fingerprint density at radius 3 is 1.22 bits per heavy atom. The van der Waals surface area contributed by atoms with Crippen LogP contribution in [0.2, 0.25) is 0 Å². The van der Waals surface area contributed by atoms with Crippen LogP contribution in [0.1, 0.15) is 25.0 Å². The van der Waals surface area contributed by atoms with Crippen molar-refractivity contribution in [2.45, 2.75) is 19.3 Å². The zero-order valence-corrected chi connectivity index (χ0v) is 49.2. The number of fused-ring (bicyclic) bond motifs is 13. The first-order valence-corrected chi connectivity index (χ1v) is 30.6. The number of nitrogens with zero attached hydrogens (tertiary/aromatic N) is 5. The minimum absolute atomic E-state index is 0.294. The second kappa shape index (κ2) is 20.9. The highest BCUT2D eigenvalue weighted by molar-refractivity contribution is 6.27. The topological polar surface area (TPSA) is 46.8 Å². The Labute approximate surface area is 516 Å². The van der Waals surface area contributed by atoms with Crippen LogP contribution in [0.4, 0.5) is 17.1 Å². The van der Waals surface area contributed by atoms with E-state index in [-0.39, 0.29) is 5.41 Å². The average molecular weight is 1140 g/mol. The first-order valence-electron chi connectivity index (χ1n) is 30.6. The Bertz CT molecular complexity index is 5270. The molecular formula is C84H57N5. The molecule has 89 heavy (non-hydrogen) atoms. The van der Waals surface area contributed by atoms with Gasteiger partial charge in [0.2, 0.25) is 0 Å². The molecule has 418 valence electrons. The van der Waals surface area contributed by atoms with Crippen LogP contribution in [0, 0.1) is 0 Å². The van der Waals surface area contributed by atoms with E-state index in [0.29, 0.717) is 17.5 Å². The van der Waals surface area contributed by atoms with Gasteiger partial charge in [-0.3, -0.25) is 0 Å². The Balaban J connectivity index is 0.851. The summed E-state index contributed by atoms with van der Waals surface area (Å²) in [5.41, 5.74) is 21.3. The van der Waals surface area contributed by atoms with Crippen LogP contribution in [0.3, 0.4) is 0 Å². The summed E-state index contributed by atoms with van der Waals surface area (Å²) in [5.74, 6) is 1.89. The highest BCUT2D eigenvalue weighted by Gasteiger charge is 2.39. The van der Waals surface area contributed by atoms with Gasteiger partial charge in [0.1, 0.15) is 0 Å². The van der Waals surface area contributed by atoms with E-state index in [9.17, 15) is 0 Å². The monoisotopic (exact) mass is 1140 g/mol. The molecule has 0 atom stereocenters. The Morgan fingerprint density at radius 2 is 0.697 bits per heavy atom. The number of aromatic nitrogens is 4. The van der Waals surface area contributed by atoms with Crippen LogP contribution >= 0.6 is 0 Å². The molecule has 16 aromatic rings. The number of hydrogen-bond donors (Lipinski definition) is 0. The molecule has 14 aromatic carbocycles. The summed E-state index contributed by atoms with van der Waals surface area (Å²) in [6.07, 6.45) is 0. The molecule has 5 heteroatoms. The van der Waals surface area contributed by atoms with E-state index >= 15 is 0 Å². The largest absolute Gasteiger partial charge is 0.310 e. The van der Waals surface area contributed by atoms with Crippen LogP contribution in [0.15, 0.2) is 309 Å². The molecule has 2 aromatic heterocycles. The van der Waals surface area contributed by atoms with Gasteiger partial charge in [0, 0.05) is 61.2 Å². The van der Waals surface area contributed by atoms with Gasteiger partial charge in [0.25, 0.3) is 0 Å². The van der Waals surface area contributed by atoms with Crippen LogP contribution in [0.5, 0.6) is 0 Å². The summed E-state index contributed by atoms with van der Waals surface area (Å²) in [4.78, 5) is 17.6. The van der Waals surface area contributed by atoms with Crippen molar-refractivity contribution in [2.75, 3.05) is 4.90 Å². The average Bonchev–Trinajstić information content (AvgIpc) is 1.55. The molecule has 0 aliphatic heterocycles. The highest BCUT2D eigenvalue weighted by Crippen LogP contribution is 2.55. The summed E-state index contributed by atoms with van der Waals surface area (Å²) < 4.78 is 2.51. The standard InChI is InChI=1S/C84H57N5/c1-84(2)76-48-47-71-74-51-62(61-28-19-29-66(50-61)88(63-41-34-56(35-42-63)54-20-7-3-8-21-54)64-43-36-57(37-44-64)55-22-9-4-10-23-55)40-49-78(74)89(80(71)79(76)75-52-72-69-32-17-15-30-67(69)68-31-16-18-33-70(68)73(72)53-77(75)84)65-45-38-60(39-46-65)83-86-81(58-24-11-5-12-25-58)85-82(87-83)59-26-13-6-14-27-59/h3-53H,1-2H3. The lowest BCUT2D eigenvalue weighted by atomic mass is 9.81. The molecule has 0 fully saturated rings. The van der Waals surface area contributed by atoms with Gasteiger partial charge in [-0.05, 0) is 167 Å². The SMILES string of the molecule is CC1(C)c2cc3c4ccccc4c4ccccc4c3cc2-c2c1ccc1c3cc(-c4cccc(N(c5ccc(-c6ccccc6)cc5)c5ccc(-c6ccccc6)cc5)c4)ccc3n(-c3ccc(-c4nc(-c5ccccc5)nc(-c5ccccc5)n4)cc3)c21. The van der Waals surface area contributed by atoms with Crippen LogP contribution in [0.25, 0.3) is 138 Å². The highest BCUT2D eigenvalue weighted by atomic mass is 15.1. The smallest absolute Gasteiger partial charge is 0.164 e. The fourth-order valence-corrected chi connectivity index (χ4v) is 14.0. The van der Waals surface area contributed by atoms with Crippen molar-refractivity contribution in [3.05, 3.63) is 321 Å². The van der Waals surface area contributed by atoms with Crippen LogP contribution in [-0.4, -0.2) is 19.5 Å². The maximum atomic E-state index is 5.13. The first kappa shape index (κ1) is 51.9. The van der Waals surface area contributed by atoms with Gasteiger partial charge >= 0.3 is 0 Å². The predicted octanol–water partition coefficient (Wildman–Crippen LogP) is 22.2. The number of anilines is 3. The van der Waals surface area contributed by atoms with E-state index in [0.717, 1.165) is 56.1 Å². The van der Waals surface area contributed by atoms with Gasteiger partial charge in [0.15, 0.2) is 17.5 Å². The van der Waals surface area contributed by atoms with Crippen molar-refractivity contribution in [1.29, 1.82) is 0 Å². The predicted molar refractivity (Wildman–Crippen MR) is 372 cm³/mol. The van der Waals surface area contributed by atoms with Crippen molar-refractivity contribution in [3.8, 4) is 84.4 Å². The number of rotatable bonds is 10. The third-order valence-corrected chi connectivity index (χ3v) is 18.4. The molecule has 0 amide bonds. The van der Waals surface area contributed by atoms with E-state index in [1.807, 2.05) is 36.4 Å². The molecule has 0 saturated carbocycles. The number of hydrogen-bond acceptors (Lipinski definition) is 4. The van der Waals surface area contributed by atoms with Crippen molar-refractivity contribution in [3.63, 3.8) is 0 Å². The van der Waals surface area contributed by atoms with E-state index in [4.69, 9.17) is 15.0 Å². The first-order chi connectivity index (χ1) is 43.9. The van der Waals surface area contributed by atoms with Crippen molar-refractivity contribution in [1.82, 2.24) is 19.5 Å². The summed E-state index contributed by atoms with van der Waals surface area (Å²) in [6, 6.07) is 112. The molecule has 0 bridgehead atoms. The minimum atomic E-state index is -0.294. The zero-order valence-electron chi connectivity index (χ0n) is 49.2. The fraction of sp³-hybridized carbons (Fsp3) is 0.0357. The fourth-order valence-electron chi connectivity index (χ4n) is 14.0. The molecule has 17 rings (SSSR count). The molecule has 1 aliphatic carbocycles. The maximum Gasteiger partial charge on any atom is 0.164 e. The molecule has 2 heterocycles. The van der Waals surface area contributed by atoms with E-state index in [2.05, 4.69) is 296 Å². The second-order valence-corrected chi connectivity index (χ2v) is 23.9. The van der Waals surface area contributed by atoms with Crippen molar-refractivity contribution < 1.29 is 0 Å². The Hall–Kier alpha value is -11.5. The van der Waals surface area contributed by atoms with E-state index in [1.54, 1.807) is 0 Å². The zero-order chi connectivity index (χ0) is 59.2. The molecule has 0 radical (unpaired) electrons. The van der Waals surface area contributed by atoms with E-state index < -0.39 is 0 Å². The lowest BCUT2D eigenvalue weighted by molar-refractivity contribution is 0.661. The van der Waals surface area contributed by atoms with Gasteiger partial charge < -0.3 is 9.47 Å². The Kier molecular flexibility index (Phi) is 12.2. The third kappa shape index (κ3) is 8.72. The summed E-state index contributed by atoms with van der Waals surface area (Å²) in [5, 5.41) is 10.0. The molecule has 5 nitrogen and oxygen atoms in total. The van der Waals surface area contributed by atoms with Crippen LogP contribution < -0.4 is 4.90 Å². The molecule has 0 saturated heterocycles. The van der Waals surface area contributed by atoms with Gasteiger partial charge in [-0.2, -0.15) is 0 Å². The maximum absolute atomic E-state index is 5.13. The van der Waals surface area contributed by atoms with Crippen molar-refractivity contribution >= 4 is 71.2 Å². The number of benzene rings is 14. The Morgan fingerprint density at radius 1 is 0.281 bits per heavy atom. The van der Waals surface area contributed by atoms with Crippen molar-refractivity contribution in [2.24, 2.45) is 0 Å². The van der Waals surface area contributed by atoms with E-state index in [1.165, 1.54) is 93.1 Å². The summed E-state index contributed by atoms with van der Waals surface area (Å²) in [6.45, 7) is 4.82. The molecule has 0 unspecified atom stereocenters. The molecule has 1 aliphatic rings. The van der Waals surface area contributed by atoms with Gasteiger partial charge in [-0.25, -0.2) is 15.0 Å². The quantitative estimate of drug-likeness (QED) is 0.128. The van der Waals surface area contributed by atoms with Gasteiger partial charge in [-0.15, -0.1) is 0 Å². The minimum Gasteiger partial charge on any atom is -0.310 e. The molecule has 0 spiro atoms.